The molecule has 0 aromatic heterocycles. The molecule has 5 heteroatoms. The van der Waals surface area contributed by atoms with Gasteiger partial charge in [0.15, 0.2) is 0 Å². The van der Waals surface area contributed by atoms with E-state index in [0.29, 0.717) is 13.0 Å². The van der Waals surface area contributed by atoms with Crippen LogP contribution < -0.4 is 9.47 Å². The molecule has 0 bridgehead atoms. The van der Waals surface area contributed by atoms with Gasteiger partial charge in [0.2, 0.25) is 5.91 Å². The van der Waals surface area contributed by atoms with Gasteiger partial charge in [0.1, 0.15) is 18.1 Å². The summed E-state index contributed by atoms with van der Waals surface area (Å²) in [6.45, 7) is 6.92. The fourth-order valence-corrected chi connectivity index (χ4v) is 3.29. The number of piperazine rings is 1. The Labute approximate surface area is 161 Å². The SMILES string of the molecule is COc1ccc(OCCN2CCN(C(=O)Cc3cccc(C)c3)CC2)cc1. The minimum Gasteiger partial charge on any atom is -0.497 e. The molecule has 1 aliphatic rings. The highest BCUT2D eigenvalue weighted by Crippen LogP contribution is 2.17. The zero-order valence-electron chi connectivity index (χ0n) is 16.2. The van der Waals surface area contributed by atoms with Crippen molar-refractivity contribution in [3.05, 3.63) is 59.7 Å². The van der Waals surface area contributed by atoms with Gasteiger partial charge in [0, 0.05) is 32.7 Å². The largest absolute Gasteiger partial charge is 0.497 e. The number of rotatable bonds is 7. The molecule has 5 nitrogen and oxygen atoms in total. The van der Waals surface area contributed by atoms with Crippen LogP contribution in [0.4, 0.5) is 0 Å². The summed E-state index contributed by atoms with van der Waals surface area (Å²) in [5, 5.41) is 0. The molecule has 0 atom stereocenters. The predicted octanol–water partition coefficient (Wildman–Crippen LogP) is 2.77. The maximum absolute atomic E-state index is 12.5. The van der Waals surface area contributed by atoms with Gasteiger partial charge in [0.25, 0.3) is 0 Å². The average Bonchev–Trinajstić information content (AvgIpc) is 2.69. The van der Waals surface area contributed by atoms with E-state index in [2.05, 4.69) is 24.0 Å². The normalized spacial score (nSPS) is 14.8. The quantitative estimate of drug-likeness (QED) is 0.754. The summed E-state index contributed by atoms with van der Waals surface area (Å²) in [5.41, 5.74) is 2.29. The topological polar surface area (TPSA) is 42.0 Å². The first-order valence-electron chi connectivity index (χ1n) is 9.46. The van der Waals surface area contributed by atoms with Gasteiger partial charge in [-0.3, -0.25) is 9.69 Å². The minimum absolute atomic E-state index is 0.217. The molecule has 3 rings (SSSR count). The van der Waals surface area contributed by atoms with Gasteiger partial charge in [-0.25, -0.2) is 0 Å². The molecule has 27 heavy (non-hydrogen) atoms. The predicted molar refractivity (Wildman–Crippen MR) is 106 cm³/mol. The summed E-state index contributed by atoms with van der Waals surface area (Å²) in [7, 11) is 1.65. The number of carbonyl (C=O) groups is 1. The average molecular weight is 368 g/mol. The molecular formula is C22H28N2O3. The number of hydrogen-bond donors (Lipinski definition) is 0. The van der Waals surface area contributed by atoms with E-state index in [1.807, 2.05) is 41.3 Å². The maximum atomic E-state index is 12.5. The standard InChI is InChI=1S/C22H28N2O3/c1-18-4-3-5-19(16-18)17-22(25)24-12-10-23(11-13-24)14-15-27-21-8-6-20(26-2)7-9-21/h3-9,16H,10-15,17H2,1-2H3. The third-order valence-electron chi connectivity index (χ3n) is 4.90. The molecule has 1 amide bonds. The van der Waals surface area contributed by atoms with Crippen LogP contribution in [0.5, 0.6) is 11.5 Å². The number of aryl methyl sites for hydroxylation is 1. The molecular weight excluding hydrogens is 340 g/mol. The first kappa shape index (κ1) is 19.2. The van der Waals surface area contributed by atoms with E-state index in [0.717, 1.165) is 49.8 Å². The number of benzene rings is 2. The second-order valence-electron chi connectivity index (χ2n) is 6.91. The molecule has 1 heterocycles. The van der Waals surface area contributed by atoms with Crippen molar-refractivity contribution in [1.82, 2.24) is 9.80 Å². The Kier molecular flexibility index (Phi) is 6.71. The van der Waals surface area contributed by atoms with Crippen LogP contribution in [-0.2, 0) is 11.2 Å². The Bertz CT molecular complexity index is 737. The van der Waals surface area contributed by atoms with Crippen molar-refractivity contribution in [3.8, 4) is 11.5 Å². The fourth-order valence-electron chi connectivity index (χ4n) is 3.29. The van der Waals surface area contributed by atoms with Gasteiger partial charge in [-0.05, 0) is 36.8 Å². The van der Waals surface area contributed by atoms with E-state index in [1.54, 1.807) is 7.11 Å². The molecule has 0 spiro atoms. The Morgan fingerprint density at radius 3 is 2.37 bits per heavy atom. The van der Waals surface area contributed by atoms with E-state index in [1.165, 1.54) is 5.56 Å². The van der Waals surface area contributed by atoms with Crippen molar-refractivity contribution in [1.29, 1.82) is 0 Å². The zero-order valence-corrected chi connectivity index (χ0v) is 16.2. The third kappa shape index (κ3) is 5.73. The lowest BCUT2D eigenvalue weighted by atomic mass is 10.1. The number of carbonyl (C=O) groups excluding carboxylic acids is 1. The molecule has 1 aliphatic heterocycles. The molecule has 0 N–H and O–H groups in total. The van der Waals surface area contributed by atoms with Crippen LogP contribution in [0.1, 0.15) is 11.1 Å². The molecule has 0 unspecified atom stereocenters. The summed E-state index contributed by atoms with van der Waals surface area (Å²) in [5.74, 6) is 1.89. The van der Waals surface area contributed by atoms with Crippen LogP contribution >= 0.6 is 0 Å². The van der Waals surface area contributed by atoms with Crippen LogP contribution in [0.2, 0.25) is 0 Å². The highest BCUT2D eigenvalue weighted by atomic mass is 16.5. The van der Waals surface area contributed by atoms with E-state index in [-0.39, 0.29) is 5.91 Å². The summed E-state index contributed by atoms with van der Waals surface area (Å²) >= 11 is 0. The van der Waals surface area contributed by atoms with Gasteiger partial charge >= 0.3 is 0 Å². The lowest BCUT2D eigenvalue weighted by Gasteiger charge is -2.34. The van der Waals surface area contributed by atoms with Crippen LogP contribution in [0.15, 0.2) is 48.5 Å². The number of methoxy groups -OCH3 is 1. The van der Waals surface area contributed by atoms with Crippen molar-refractivity contribution >= 4 is 5.91 Å². The van der Waals surface area contributed by atoms with E-state index < -0.39 is 0 Å². The third-order valence-corrected chi connectivity index (χ3v) is 4.90. The van der Waals surface area contributed by atoms with Crippen molar-refractivity contribution in [3.63, 3.8) is 0 Å². The summed E-state index contributed by atoms with van der Waals surface area (Å²) in [6.07, 6.45) is 0.488. The highest BCUT2D eigenvalue weighted by Gasteiger charge is 2.21. The second kappa shape index (κ2) is 9.42. The Morgan fingerprint density at radius 1 is 1.00 bits per heavy atom. The van der Waals surface area contributed by atoms with Crippen LogP contribution in [-0.4, -0.2) is 62.1 Å². The summed E-state index contributed by atoms with van der Waals surface area (Å²) in [4.78, 5) is 16.8. The first-order chi connectivity index (χ1) is 13.1. The lowest BCUT2D eigenvalue weighted by Crippen LogP contribution is -2.49. The number of amides is 1. The lowest BCUT2D eigenvalue weighted by molar-refractivity contribution is -0.132. The van der Waals surface area contributed by atoms with E-state index in [9.17, 15) is 4.79 Å². The monoisotopic (exact) mass is 368 g/mol. The Hall–Kier alpha value is -2.53. The summed E-state index contributed by atoms with van der Waals surface area (Å²) < 4.78 is 10.9. The highest BCUT2D eigenvalue weighted by molar-refractivity contribution is 5.79. The van der Waals surface area contributed by atoms with E-state index >= 15 is 0 Å². The van der Waals surface area contributed by atoms with Crippen LogP contribution in [0, 0.1) is 6.92 Å². The smallest absolute Gasteiger partial charge is 0.227 e. The van der Waals surface area contributed by atoms with E-state index in [4.69, 9.17) is 9.47 Å². The van der Waals surface area contributed by atoms with Crippen LogP contribution in [0.25, 0.3) is 0 Å². The molecule has 2 aromatic carbocycles. The van der Waals surface area contributed by atoms with Gasteiger partial charge in [0.05, 0.1) is 13.5 Å². The summed E-state index contributed by atoms with van der Waals surface area (Å²) in [6, 6.07) is 15.8. The molecule has 1 fully saturated rings. The minimum atomic E-state index is 0.217. The molecule has 144 valence electrons. The van der Waals surface area contributed by atoms with Gasteiger partial charge < -0.3 is 14.4 Å². The second-order valence-corrected chi connectivity index (χ2v) is 6.91. The van der Waals surface area contributed by atoms with Gasteiger partial charge in [-0.2, -0.15) is 0 Å². The maximum Gasteiger partial charge on any atom is 0.227 e. The zero-order chi connectivity index (χ0) is 19.1. The Balaban J connectivity index is 1.37. The van der Waals surface area contributed by atoms with Crippen molar-refractivity contribution in [2.75, 3.05) is 46.4 Å². The number of ether oxygens (including phenoxy) is 2. The van der Waals surface area contributed by atoms with Crippen molar-refractivity contribution in [2.24, 2.45) is 0 Å². The fraction of sp³-hybridized carbons (Fsp3) is 0.409. The van der Waals surface area contributed by atoms with Crippen LogP contribution in [0.3, 0.4) is 0 Å². The van der Waals surface area contributed by atoms with Crippen molar-refractivity contribution < 1.29 is 14.3 Å². The van der Waals surface area contributed by atoms with Crippen molar-refractivity contribution in [2.45, 2.75) is 13.3 Å². The molecule has 0 radical (unpaired) electrons. The first-order valence-corrected chi connectivity index (χ1v) is 9.46. The molecule has 0 aliphatic carbocycles. The van der Waals surface area contributed by atoms with Gasteiger partial charge in [-0.1, -0.05) is 29.8 Å². The number of nitrogens with zero attached hydrogens (tertiary/aromatic N) is 2. The number of hydrogen-bond acceptors (Lipinski definition) is 4. The molecule has 0 saturated carbocycles. The molecule has 1 saturated heterocycles. The molecule has 2 aromatic rings. The Morgan fingerprint density at radius 2 is 1.70 bits per heavy atom. The van der Waals surface area contributed by atoms with Gasteiger partial charge in [-0.15, -0.1) is 0 Å².